The van der Waals surface area contributed by atoms with Crippen LogP contribution < -0.4 is 10.9 Å². The molecule has 0 aliphatic carbocycles. The Morgan fingerprint density at radius 2 is 1.98 bits per heavy atom. The molecule has 0 bridgehead atoms. The molecular weight excluding hydrogens is 521 g/mol. The van der Waals surface area contributed by atoms with Crippen LogP contribution in [0, 0.1) is 5.82 Å². The van der Waals surface area contributed by atoms with Crippen molar-refractivity contribution in [2.75, 3.05) is 18.4 Å². The van der Waals surface area contributed by atoms with E-state index in [1.807, 2.05) is 13.8 Å². The van der Waals surface area contributed by atoms with E-state index in [-0.39, 0.29) is 53.7 Å². The highest BCUT2D eigenvalue weighted by Crippen LogP contribution is 2.30. The third-order valence-corrected chi connectivity index (χ3v) is 6.96. The Labute approximate surface area is 229 Å². The van der Waals surface area contributed by atoms with E-state index in [4.69, 9.17) is 4.74 Å². The maximum Gasteiger partial charge on any atom is 0.410 e. The van der Waals surface area contributed by atoms with E-state index in [9.17, 15) is 23.6 Å². The van der Waals surface area contributed by atoms with Gasteiger partial charge in [0.1, 0.15) is 35.1 Å². The number of amides is 3. The van der Waals surface area contributed by atoms with Crippen LogP contribution in [0.4, 0.5) is 15.0 Å². The summed E-state index contributed by atoms with van der Waals surface area (Å²) in [6.45, 7) is 9.76. The number of carbonyl (C=O) groups is 3. The standard InChI is InChI=1S/C27H32FN7O5/c1-15(2)33-13-18-23(25(33)38)34(14-21(36)30-20-7-6-17(28)11-29-20)22-10-19(31-35(22)24(18)37)16-8-9-32(12-16)26(39)40-27(3,4)5/h6-7,10-11,15-16H,8-9,12-14H2,1-5H3,(H,29,30,36). The van der Waals surface area contributed by atoms with Crippen LogP contribution in [0.5, 0.6) is 0 Å². The maximum atomic E-state index is 13.5. The number of fused-ring (bicyclic) bond motifs is 2. The largest absolute Gasteiger partial charge is 0.444 e. The van der Waals surface area contributed by atoms with Crippen molar-refractivity contribution in [2.24, 2.45) is 0 Å². The van der Waals surface area contributed by atoms with Crippen LogP contribution in [-0.2, 0) is 22.6 Å². The highest BCUT2D eigenvalue weighted by atomic mass is 19.1. The van der Waals surface area contributed by atoms with Crippen molar-refractivity contribution < 1.29 is 23.5 Å². The van der Waals surface area contributed by atoms with Gasteiger partial charge in [0.15, 0.2) is 0 Å². The summed E-state index contributed by atoms with van der Waals surface area (Å²) in [5.74, 6) is -1.41. The van der Waals surface area contributed by atoms with Crippen molar-refractivity contribution in [3.8, 4) is 0 Å². The predicted molar refractivity (Wildman–Crippen MR) is 142 cm³/mol. The highest BCUT2D eigenvalue weighted by molar-refractivity contribution is 5.98. The summed E-state index contributed by atoms with van der Waals surface area (Å²) in [6.07, 6.45) is 1.19. The Kier molecular flexibility index (Phi) is 6.84. The molecule has 3 aromatic rings. The van der Waals surface area contributed by atoms with Crippen LogP contribution >= 0.6 is 0 Å². The van der Waals surface area contributed by atoms with Crippen molar-refractivity contribution in [3.63, 3.8) is 0 Å². The number of hydrogen-bond donors (Lipinski definition) is 1. The summed E-state index contributed by atoms with van der Waals surface area (Å²) < 4.78 is 21.5. The lowest BCUT2D eigenvalue weighted by atomic mass is 10.1. The second kappa shape index (κ2) is 10.0. The van der Waals surface area contributed by atoms with E-state index in [0.717, 1.165) is 6.20 Å². The maximum absolute atomic E-state index is 13.5. The fourth-order valence-corrected chi connectivity index (χ4v) is 5.05. The van der Waals surface area contributed by atoms with Gasteiger partial charge in [-0.2, -0.15) is 9.61 Å². The number of pyridine rings is 1. The minimum absolute atomic E-state index is 0.104. The number of halogens is 1. The Morgan fingerprint density at radius 1 is 1.23 bits per heavy atom. The molecule has 2 aliphatic heterocycles. The first-order valence-electron chi connectivity index (χ1n) is 13.2. The number of nitrogens with zero attached hydrogens (tertiary/aromatic N) is 6. The number of rotatable bonds is 5. The third-order valence-electron chi connectivity index (χ3n) is 6.96. The van der Waals surface area contributed by atoms with E-state index in [1.54, 1.807) is 36.6 Å². The van der Waals surface area contributed by atoms with Gasteiger partial charge in [0.05, 0.1) is 24.0 Å². The third kappa shape index (κ3) is 5.15. The topological polar surface area (TPSA) is 131 Å². The zero-order chi connectivity index (χ0) is 28.9. The number of hydrogen-bond acceptors (Lipinski definition) is 7. The molecule has 1 unspecified atom stereocenters. The van der Waals surface area contributed by atoms with Crippen molar-refractivity contribution in [1.29, 1.82) is 0 Å². The van der Waals surface area contributed by atoms with Crippen LogP contribution in [0.3, 0.4) is 0 Å². The minimum atomic E-state index is -0.623. The molecule has 212 valence electrons. The van der Waals surface area contributed by atoms with Crippen molar-refractivity contribution >= 4 is 29.4 Å². The van der Waals surface area contributed by atoms with Crippen molar-refractivity contribution in [3.05, 3.63) is 57.5 Å². The molecule has 1 N–H and O–H groups in total. The van der Waals surface area contributed by atoms with Gasteiger partial charge in [-0.1, -0.05) is 0 Å². The van der Waals surface area contributed by atoms with Crippen LogP contribution in [0.2, 0.25) is 0 Å². The molecule has 40 heavy (non-hydrogen) atoms. The summed E-state index contributed by atoms with van der Waals surface area (Å²) in [7, 11) is 0. The summed E-state index contributed by atoms with van der Waals surface area (Å²) in [4.78, 5) is 59.6. The average Bonchev–Trinajstić information content (AvgIpc) is 3.59. The summed E-state index contributed by atoms with van der Waals surface area (Å²) >= 11 is 0. The number of carbonyl (C=O) groups excluding carboxylic acids is 3. The zero-order valence-electron chi connectivity index (χ0n) is 23.1. The van der Waals surface area contributed by atoms with Crippen molar-refractivity contribution in [1.82, 2.24) is 29.0 Å². The molecule has 0 saturated carbocycles. The molecule has 5 rings (SSSR count). The number of aromatic nitrogens is 4. The second-order valence-electron chi connectivity index (χ2n) is 11.4. The molecule has 1 atom stereocenters. The molecule has 2 aliphatic rings. The quantitative estimate of drug-likeness (QED) is 0.514. The van der Waals surface area contributed by atoms with E-state index in [1.165, 1.54) is 21.2 Å². The molecule has 12 nitrogen and oxygen atoms in total. The lowest BCUT2D eigenvalue weighted by Gasteiger charge is -2.24. The molecule has 1 saturated heterocycles. The molecule has 13 heteroatoms. The highest BCUT2D eigenvalue weighted by Gasteiger charge is 2.37. The molecular formula is C27H32FN7O5. The average molecular weight is 554 g/mol. The van der Waals surface area contributed by atoms with E-state index >= 15 is 0 Å². The SMILES string of the molecule is CC(C)N1Cc2c(n(CC(=O)Nc3ccc(F)cn3)c3cc(C4CCN(C(=O)OC(C)(C)C)C4)nn3c2=O)C1=O. The van der Waals surface area contributed by atoms with E-state index < -0.39 is 29.0 Å². The molecule has 0 aromatic carbocycles. The Bertz CT molecular complexity index is 1550. The summed E-state index contributed by atoms with van der Waals surface area (Å²) in [5.41, 5.74) is 0.219. The van der Waals surface area contributed by atoms with Crippen LogP contribution in [0.1, 0.15) is 68.7 Å². The van der Waals surface area contributed by atoms with Gasteiger partial charge in [-0.15, -0.1) is 0 Å². The van der Waals surface area contributed by atoms with Crippen LogP contribution in [-0.4, -0.2) is 71.6 Å². The van der Waals surface area contributed by atoms with Gasteiger partial charge in [0.2, 0.25) is 5.91 Å². The fourth-order valence-electron chi connectivity index (χ4n) is 5.05. The Morgan fingerprint density at radius 3 is 2.62 bits per heavy atom. The van der Waals surface area contributed by atoms with Crippen molar-refractivity contribution in [2.45, 2.75) is 71.7 Å². The molecule has 1 fully saturated rings. The van der Waals surface area contributed by atoms with E-state index in [2.05, 4.69) is 15.4 Å². The second-order valence-corrected chi connectivity index (χ2v) is 11.4. The summed E-state index contributed by atoms with van der Waals surface area (Å²) in [5, 5.41) is 7.19. The number of likely N-dealkylation sites (tertiary alicyclic amines) is 1. The number of anilines is 1. The van der Waals surface area contributed by atoms with Gasteiger partial charge < -0.3 is 24.4 Å². The lowest BCUT2D eigenvalue weighted by Crippen LogP contribution is -2.35. The first-order valence-corrected chi connectivity index (χ1v) is 13.2. The Balaban J connectivity index is 1.51. The monoisotopic (exact) mass is 553 g/mol. The normalized spacial score (nSPS) is 17.2. The predicted octanol–water partition coefficient (Wildman–Crippen LogP) is 2.76. The fraction of sp³-hybridized carbons (Fsp3) is 0.481. The smallest absolute Gasteiger partial charge is 0.410 e. The zero-order valence-corrected chi connectivity index (χ0v) is 23.1. The number of nitrogens with one attached hydrogen (secondary N) is 1. The molecule has 5 heterocycles. The van der Waals surface area contributed by atoms with Gasteiger partial charge in [-0.25, -0.2) is 14.2 Å². The first-order chi connectivity index (χ1) is 18.8. The van der Waals surface area contributed by atoms with Gasteiger partial charge in [-0.3, -0.25) is 14.4 Å². The Hall–Kier alpha value is -4.29. The van der Waals surface area contributed by atoms with E-state index in [0.29, 0.717) is 25.2 Å². The molecule has 0 radical (unpaired) electrons. The minimum Gasteiger partial charge on any atom is -0.444 e. The molecule has 3 amide bonds. The lowest BCUT2D eigenvalue weighted by molar-refractivity contribution is -0.116. The molecule has 3 aromatic heterocycles. The van der Waals surface area contributed by atoms with Crippen LogP contribution in [0.15, 0.2) is 29.2 Å². The number of ether oxygens (including phenoxy) is 1. The van der Waals surface area contributed by atoms with Gasteiger partial charge >= 0.3 is 6.09 Å². The van der Waals surface area contributed by atoms with Crippen LogP contribution in [0.25, 0.3) is 5.65 Å². The summed E-state index contributed by atoms with van der Waals surface area (Å²) in [6, 6.07) is 4.04. The molecule has 0 spiro atoms. The van der Waals surface area contributed by atoms with Gasteiger partial charge in [-0.05, 0) is 53.2 Å². The van der Waals surface area contributed by atoms with Gasteiger partial charge in [0, 0.05) is 31.1 Å². The van der Waals surface area contributed by atoms with Gasteiger partial charge in [0.25, 0.3) is 11.5 Å². The first kappa shape index (κ1) is 27.3.